The van der Waals surface area contributed by atoms with Crippen molar-refractivity contribution in [1.82, 2.24) is 0 Å². The van der Waals surface area contributed by atoms with Gasteiger partial charge in [-0.05, 0) is 42.9 Å². The number of unbranched alkanes of at least 4 members (excludes halogenated alkanes) is 8. The molecule has 0 fully saturated rings. The van der Waals surface area contributed by atoms with Crippen LogP contribution in [0.25, 0.3) is 0 Å². The molecule has 0 amide bonds. The van der Waals surface area contributed by atoms with Crippen molar-refractivity contribution in [2.45, 2.75) is 90.9 Å². The number of rotatable bonds is 14. The van der Waals surface area contributed by atoms with Crippen LogP contribution in [0.2, 0.25) is 0 Å². The van der Waals surface area contributed by atoms with Crippen LogP contribution in [0.15, 0.2) is 53.6 Å². The van der Waals surface area contributed by atoms with E-state index in [0.717, 1.165) is 23.4 Å². The summed E-state index contributed by atoms with van der Waals surface area (Å²) >= 11 is 0. The van der Waals surface area contributed by atoms with E-state index in [0.29, 0.717) is 5.69 Å². The highest BCUT2D eigenvalue weighted by Gasteiger charge is 2.12. The predicted molar refractivity (Wildman–Crippen MR) is 123 cm³/mol. The Labute approximate surface area is 177 Å². The van der Waals surface area contributed by atoms with Crippen molar-refractivity contribution in [3.05, 3.63) is 64.9 Å². The minimum absolute atomic E-state index is 0.575. The average Bonchev–Trinajstić information content (AvgIpc) is 2.75. The van der Waals surface area contributed by atoms with E-state index in [1.54, 1.807) is 12.1 Å². The first-order chi connectivity index (χ1) is 14.3. The van der Waals surface area contributed by atoms with Crippen LogP contribution in [0.3, 0.4) is 0 Å². The summed E-state index contributed by atoms with van der Waals surface area (Å²) in [5.74, 6) is 0. The van der Waals surface area contributed by atoms with E-state index < -0.39 is 0 Å². The molecule has 0 saturated carbocycles. The van der Waals surface area contributed by atoms with Crippen molar-refractivity contribution >= 4 is 11.4 Å². The zero-order valence-electron chi connectivity index (χ0n) is 18.4. The fourth-order valence-electron chi connectivity index (χ4n) is 3.77. The van der Waals surface area contributed by atoms with Gasteiger partial charge in [-0.2, -0.15) is 0 Å². The molecule has 0 spiro atoms. The molecule has 2 aromatic rings. The maximum absolute atomic E-state index is 12.6. The highest BCUT2D eigenvalue weighted by molar-refractivity contribution is 5.50. The second-order valence-corrected chi connectivity index (χ2v) is 7.95. The van der Waals surface area contributed by atoms with Crippen LogP contribution in [0.5, 0.6) is 0 Å². The molecule has 3 nitrogen and oxygen atoms in total. The summed E-state index contributed by atoms with van der Waals surface area (Å²) in [5, 5.41) is 17.0. The molecule has 0 unspecified atom stereocenters. The minimum atomic E-state index is 0.575. The molecule has 0 heterocycles. The lowest BCUT2D eigenvalue weighted by Crippen LogP contribution is -1.98. The molecule has 3 heteroatoms. The van der Waals surface area contributed by atoms with Gasteiger partial charge in [-0.3, -0.25) is 0 Å². The van der Waals surface area contributed by atoms with Gasteiger partial charge in [-0.25, -0.2) is 0 Å². The Morgan fingerprint density at radius 1 is 0.690 bits per heavy atom. The molecule has 2 rings (SSSR count). The fraction of sp³-hybridized carbons (Fsp3) is 0.538. The fourth-order valence-corrected chi connectivity index (χ4v) is 3.77. The Hall–Kier alpha value is -2.16. The van der Waals surface area contributed by atoms with Crippen LogP contribution in [0.1, 0.15) is 89.2 Å². The van der Waals surface area contributed by atoms with Gasteiger partial charge in [0.15, 0.2) is 0 Å². The van der Waals surface area contributed by atoms with Crippen LogP contribution in [-0.2, 0) is 12.8 Å². The van der Waals surface area contributed by atoms with Gasteiger partial charge >= 0.3 is 0 Å². The largest absolute Gasteiger partial charge is 0.594 e. The third-order valence-electron chi connectivity index (χ3n) is 5.50. The molecule has 0 saturated heterocycles. The summed E-state index contributed by atoms with van der Waals surface area (Å²) in [7, 11) is 0. The van der Waals surface area contributed by atoms with Crippen molar-refractivity contribution in [1.29, 1.82) is 0 Å². The van der Waals surface area contributed by atoms with Gasteiger partial charge < -0.3 is 5.21 Å². The molecule has 0 N–H and O–H groups in total. The molecule has 0 aliphatic carbocycles. The summed E-state index contributed by atoms with van der Waals surface area (Å²) < 4.78 is 0. The standard InChI is InChI=1S/C26H38N2O/c1-3-5-7-9-12-17-23-18-16-22-26(25(23)21-15-10-8-6-4-2)27-28(29)24-19-13-11-14-20-24/h11,13-14,16,18-20,22H,3-10,12,15,17,21H2,1-2H3. The van der Waals surface area contributed by atoms with Gasteiger partial charge in [0, 0.05) is 17.2 Å². The smallest absolute Gasteiger partial charge is 0.244 e. The summed E-state index contributed by atoms with van der Waals surface area (Å²) in [6.45, 7) is 4.50. The SMILES string of the molecule is CCCCCCCc1cccc(N=[N+]([O-])c2ccccc2)c1CCCCCCC. The second-order valence-electron chi connectivity index (χ2n) is 7.95. The van der Waals surface area contributed by atoms with E-state index in [-0.39, 0.29) is 0 Å². The Morgan fingerprint density at radius 3 is 1.97 bits per heavy atom. The first-order valence-corrected chi connectivity index (χ1v) is 11.6. The van der Waals surface area contributed by atoms with Crippen molar-refractivity contribution in [3.63, 3.8) is 0 Å². The molecule has 29 heavy (non-hydrogen) atoms. The Morgan fingerprint density at radius 2 is 1.31 bits per heavy atom. The summed E-state index contributed by atoms with van der Waals surface area (Å²) in [5.41, 5.74) is 4.06. The third-order valence-corrected chi connectivity index (χ3v) is 5.50. The number of azo groups is 1. The van der Waals surface area contributed by atoms with Crippen LogP contribution in [0, 0.1) is 5.21 Å². The first kappa shape index (κ1) is 23.1. The van der Waals surface area contributed by atoms with E-state index >= 15 is 0 Å². The van der Waals surface area contributed by atoms with Crippen LogP contribution in [0.4, 0.5) is 11.4 Å². The number of nitrogens with zero attached hydrogens (tertiary/aromatic N) is 2. The van der Waals surface area contributed by atoms with Gasteiger partial charge in [0.05, 0.1) is 0 Å². The normalized spacial score (nSPS) is 11.7. The summed E-state index contributed by atoms with van der Waals surface area (Å²) in [4.78, 5) is 0.765. The number of benzene rings is 2. The first-order valence-electron chi connectivity index (χ1n) is 11.6. The lowest BCUT2D eigenvalue weighted by atomic mass is 9.95. The molecular formula is C26H38N2O. The van der Waals surface area contributed by atoms with E-state index in [1.807, 2.05) is 24.3 Å². The van der Waals surface area contributed by atoms with Crippen molar-refractivity contribution in [3.8, 4) is 0 Å². The van der Waals surface area contributed by atoms with Gasteiger partial charge in [-0.15, -0.1) is 0 Å². The van der Waals surface area contributed by atoms with Gasteiger partial charge in [0.2, 0.25) is 5.69 Å². The van der Waals surface area contributed by atoms with Crippen molar-refractivity contribution in [2.24, 2.45) is 5.11 Å². The Balaban J connectivity index is 2.15. The lowest BCUT2D eigenvalue weighted by molar-refractivity contribution is -0.435. The van der Waals surface area contributed by atoms with Crippen LogP contribution >= 0.6 is 0 Å². The maximum Gasteiger partial charge on any atom is 0.244 e. The molecule has 0 aromatic heterocycles. The lowest BCUT2D eigenvalue weighted by Gasteiger charge is -2.12. The predicted octanol–water partition coefficient (Wildman–Crippen LogP) is 8.64. The van der Waals surface area contributed by atoms with E-state index in [9.17, 15) is 5.21 Å². The zero-order valence-corrected chi connectivity index (χ0v) is 18.4. The molecule has 0 aliphatic rings. The highest BCUT2D eigenvalue weighted by Crippen LogP contribution is 2.28. The highest BCUT2D eigenvalue weighted by atomic mass is 16.5. The minimum Gasteiger partial charge on any atom is -0.594 e. The monoisotopic (exact) mass is 394 g/mol. The number of hydrogen-bond donors (Lipinski definition) is 0. The van der Waals surface area contributed by atoms with E-state index in [4.69, 9.17) is 0 Å². The topological polar surface area (TPSA) is 38.4 Å². The maximum atomic E-state index is 12.6. The molecule has 0 atom stereocenters. The van der Waals surface area contributed by atoms with Crippen LogP contribution < -0.4 is 0 Å². The second kappa shape index (κ2) is 13.9. The molecular weight excluding hydrogens is 356 g/mol. The quantitative estimate of drug-likeness (QED) is 0.137. The molecule has 0 bridgehead atoms. The Bertz CT molecular complexity index is 725. The van der Waals surface area contributed by atoms with Crippen molar-refractivity contribution < 1.29 is 4.86 Å². The zero-order chi connectivity index (χ0) is 20.7. The number of aryl methyl sites for hydroxylation is 1. The molecule has 2 aromatic carbocycles. The summed E-state index contributed by atoms with van der Waals surface area (Å²) in [6.07, 6.45) is 14.8. The number of hydrogen-bond acceptors (Lipinski definition) is 2. The molecule has 0 aliphatic heterocycles. The van der Waals surface area contributed by atoms with Gasteiger partial charge in [-0.1, -0.05) is 100 Å². The molecule has 158 valence electrons. The van der Waals surface area contributed by atoms with Crippen LogP contribution in [-0.4, -0.2) is 4.86 Å². The third kappa shape index (κ3) is 8.39. The van der Waals surface area contributed by atoms with Gasteiger partial charge in [0.1, 0.15) is 5.69 Å². The van der Waals surface area contributed by atoms with Crippen molar-refractivity contribution in [2.75, 3.05) is 0 Å². The van der Waals surface area contributed by atoms with E-state index in [2.05, 4.69) is 31.1 Å². The van der Waals surface area contributed by atoms with Gasteiger partial charge in [0.25, 0.3) is 0 Å². The molecule has 0 radical (unpaired) electrons. The Kier molecular flexibility index (Phi) is 11.1. The summed E-state index contributed by atoms with van der Waals surface area (Å²) in [6, 6.07) is 15.6. The van der Waals surface area contributed by atoms with E-state index in [1.165, 1.54) is 75.3 Å². The average molecular weight is 395 g/mol. The number of para-hydroxylation sites is 1.